The van der Waals surface area contributed by atoms with Gasteiger partial charge in [0.2, 0.25) is 0 Å². The molecule has 1 fully saturated rings. The fourth-order valence-electron chi connectivity index (χ4n) is 2.38. The average molecular weight is 340 g/mol. The van der Waals surface area contributed by atoms with Gasteiger partial charge in [-0.1, -0.05) is 0 Å². The number of carbonyl (C=O) groups excluding carboxylic acids is 1. The quantitative estimate of drug-likeness (QED) is 0.475. The van der Waals surface area contributed by atoms with Crippen molar-refractivity contribution < 1.29 is 24.4 Å². The number of carboxylic acid groups (broad SMARTS) is 1. The molecule has 124 valence electrons. The highest BCUT2D eigenvalue weighted by atomic mass is 32.2. The summed E-state index contributed by atoms with van der Waals surface area (Å²) in [5.41, 5.74) is -1.52. The molecular weight excluding hydrogens is 324 g/mol. The monoisotopic (exact) mass is 340 g/mol. The lowest BCUT2D eigenvalue weighted by Gasteiger charge is -2.33. The Morgan fingerprint density at radius 3 is 2.57 bits per heavy atom. The Bertz CT molecular complexity index is 642. The maximum atomic E-state index is 12.4. The summed E-state index contributed by atoms with van der Waals surface area (Å²) in [5.74, 6) is -1.78. The van der Waals surface area contributed by atoms with E-state index in [9.17, 15) is 24.8 Å². The smallest absolute Gasteiger partial charge is 0.329 e. The minimum atomic E-state index is -1.40. The van der Waals surface area contributed by atoms with Gasteiger partial charge in [0.25, 0.3) is 11.6 Å². The van der Waals surface area contributed by atoms with Gasteiger partial charge in [-0.2, -0.15) is 0 Å². The van der Waals surface area contributed by atoms with Crippen molar-refractivity contribution in [3.05, 3.63) is 33.9 Å². The van der Waals surface area contributed by atoms with E-state index in [0.29, 0.717) is 4.90 Å². The lowest BCUT2D eigenvalue weighted by Crippen LogP contribution is -2.57. The van der Waals surface area contributed by atoms with E-state index < -0.39 is 22.3 Å². The van der Waals surface area contributed by atoms with Crippen molar-refractivity contribution in [2.45, 2.75) is 23.3 Å². The fourth-order valence-corrected chi connectivity index (χ4v) is 2.92. The Kier molecular flexibility index (Phi) is 5.22. The molecule has 23 heavy (non-hydrogen) atoms. The van der Waals surface area contributed by atoms with Crippen LogP contribution in [0.25, 0.3) is 0 Å². The lowest BCUT2D eigenvalue weighted by atomic mass is 9.89. The molecule has 1 aromatic rings. The van der Waals surface area contributed by atoms with Gasteiger partial charge in [-0.25, -0.2) is 4.79 Å². The second kappa shape index (κ2) is 6.97. The van der Waals surface area contributed by atoms with Crippen LogP contribution in [0.15, 0.2) is 23.1 Å². The van der Waals surface area contributed by atoms with Gasteiger partial charge in [-0.15, -0.1) is 11.8 Å². The third-order valence-corrected chi connectivity index (χ3v) is 4.53. The first kappa shape index (κ1) is 17.2. The maximum Gasteiger partial charge on any atom is 0.329 e. The van der Waals surface area contributed by atoms with Crippen molar-refractivity contribution in [3.8, 4) is 0 Å². The highest BCUT2D eigenvalue weighted by Crippen LogP contribution is 2.29. The molecule has 2 rings (SSSR count). The van der Waals surface area contributed by atoms with Gasteiger partial charge in [0.15, 0.2) is 0 Å². The predicted octanol–water partition coefficient (Wildman–Crippen LogP) is 1.68. The zero-order chi connectivity index (χ0) is 17.0. The van der Waals surface area contributed by atoms with Crippen LogP contribution in [-0.2, 0) is 9.53 Å². The SMILES string of the molecule is CSc1ccc(C(=O)NC2(C(=O)O)CCOCC2)cc1[N+](=O)[O-]. The van der Waals surface area contributed by atoms with Gasteiger partial charge in [0, 0.05) is 37.7 Å². The molecule has 1 saturated heterocycles. The number of nitro groups is 1. The zero-order valence-electron chi connectivity index (χ0n) is 12.4. The molecule has 0 saturated carbocycles. The highest BCUT2D eigenvalue weighted by Gasteiger charge is 2.41. The average Bonchev–Trinajstić information content (AvgIpc) is 2.54. The van der Waals surface area contributed by atoms with Crippen molar-refractivity contribution in [2.24, 2.45) is 0 Å². The number of carboxylic acids is 1. The first-order valence-electron chi connectivity index (χ1n) is 6.86. The molecule has 1 aliphatic heterocycles. The third kappa shape index (κ3) is 3.62. The third-order valence-electron chi connectivity index (χ3n) is 3.75. The minimum absolute atomic E-state index is 0.0571. The van der Waals surface area contributed by atoms with Crippen LogP contribution in [0.1, 0.15) is 23.2 Å². The van der Waals surface area contributed by atoms with E-state index in [1.54, 1.807) is 6.26 Å². The van der Waals surface area contributed by atoms with Gasteiger partial charge in [0.05, 0.1) is 9.82 Å². The number of nitrogens with one attached hydrogen (secondary N) is 1. The summed E-state index contributed by atoms with van der Waals surface area (Å²) in [6.07, 6.45) is 2.00. The van der Waals surface area contributed by atoms with Crippen LogP contribution in [0.5, 0.6) is 0 Å². The molecule has 1 heterocycles. The molecule has 0 bridgehead atoms. The van der Waals surface area contributed by atoms with E-state index in [0.717, 1.165) is 6.07 Å². The lowest BCUT2D eigenvalue weighted by molar-refractivity contribution is -0.387. The molecule has 0 aromatic heterocycles. The Morgan fingerprint density at radius 2 is 2.04 bits per heavy atom. The van der Waals surface area contributed by atoms with Crippen molar-refractivity contribution in [3.63, 3.8) is 0 Å². The summed E-state index contributed by atoms with van der Waals surface area (Å²) >= 11 is 1.20. The minimum Gasteiger partial charge on any atom is -0.480 e. The Balaban J connectivity index is 2.27. The van der Waals surface area contributed by atoms with Crippen LogP contribution < -0.4 is 5.32 Å². The number of nitro benzene ring substituents is 1. The van der Waals surface area contributed by atoms with Crippen molar-refractivity contribution in [1.82, 2.24) is 5.32 Å². The number of rotatable bonds is 5. The van der Waals surface area contributed by atoms with E-state index >= 15 is 0 Å². The Morgan fingerprint density at radius 1 is 1.39 bits per heavy atom. The van der Waals surface area contributed by atoms with Gasteiger partial charge >= 0.3 is 5.97 Å². The number of hydrogen-bond acceptors (Lipinski definition) is 6. The molecule has 0 aliphatic carbocycles. The Labute approximate surface area is 136 Å². The molecule has 9 heteroatoms. The normalized spacial score (nSPS) is 16.6. The molecule has 2 N–H and O–H groups in total. The highest BCUT2D eigenvalue weighted by molar-refractivity contribution is 7.98. The fraction of sp³-hybridized carbons (Fsp3) is 0.429. The number of nitrogens with zero attached hydrogens (tertiary/aromatic N) is 1. The molecule has 8 nitrogen and oxygen atoms in total. The largest absolute Gasteiger partial charge is 0.480 e. The summed E-state index contributed by atoms with van der Waals surface area (Å²) in [4.78, 5) is 34.8. The molecule has 0 atom stereocenters. The number of thioether (sulfide) groups is 1. The zero-order valence-corrected chi connectivity index (χ0v) is 13.2. The van der Waals surface area contributed by atoms with Crippen molar-refractivity contribution >= 4 is 29.3 Å². The number of ether oxygens (including phenoxy) is 1. The summed E-state index contributed by atoms with van der Waals surface area (Å²) in [6, 6.07) is 4.09. The first-order chi connectivity index (χ1) is 10.9. The summed E-state index contributed by atoms with van der Waals surface area (Å²) in [6.45, 7) is 0.469. The second-order valence-corrected chi connectivity index (χ2v) is 5.95. The van der Waals surface area contributed by atoms with Crippen LogP contribution in [-0.4, -0.2) is 46.9 Å². The predicted molar refractivity (Wildman–Crippen MR) is 82.8 cm³/mol. The molecule has 0 spiro atoms. The summed E-state index contributed by atoms with van der Waals surface area (Å²) < 4.78 is 5.14. The van der Waals surface area contributed by atoms with Crippen LogP contribution in [0.4, 0.5) is 5.69 Å². The topological polar surface area (TPSA) is 119 Å². The molecule has 1 amide bonds. The van der Waals surface area contributed by atoms with E-state index in [-0.39, 0.29) is 37.3 Å². The number of hydrogen-bond donors (Lipinski definition) is 2. The van der Waals surface area contributed by atoms with Gasteiger partial charge in [0.1, 0.15) is 5.54 Å². The van der Waals surface area contributed by atoms with Crippen molar-refractivity contribution in [2.75, 3.05) is 19.5 Å². The summed E-state index contributed by atoms with van der Waals surface area (Å²) in [7, 11) is 0. The van der Waals surface area contributed by atoms with E-state index in [2.05, 4.69) is 5.32 Å². The van der Waals surface area contributed by atoms with Crippen LogP contribution >= 0.6 is 11.8 Å². The number of amides is 1. The summed E-state index contributed by atoms with van der Waals surface area (Å²) in [5, 5.41) is 23.0. The maximum absolute atomic E-state index is 12.4. The molecular formula is C14H16N2O6S. The van der Waals surface area contributed by atoms with Crippen LogP contribution in [0, 0.1) is 10.1 Å². The van der Waals surface area contributed by atoms with Gasteiger partial charge in [-0.05, 0) is 18.4 Å². The number of carbonyl (C=O) groups is 2. The molecule has 1 aliphatic rings. The van der Waals surface area contributed by atoms with Gasteiger partial charge < -0.3 is 15.2 Å². The van der Waals surface area contributed by atoms with E-state index in [1.165, 1.54) is 23.9 Å². The van der Waals surface area contributed by atoms with Crippen LogP contribution in [0.2, 0.25) is 0 Å². The standard InChI is InChI=1S/C14H16N2O6S/c1-23-11-3-2-9(8-10(11)16(20)21)12(17)15-14(13(18)19)4-6-22-7-5-14/h2-3,8H,4-7H2,1H3,(H,15,17)(H,18,19). The van der Waals surface area contributed by atoms with E-state index in [4.69, 9.17) is 4.74 Å². The Hall–Kier alpha value is -2.13. The van der Waals surface area contributed by atoms with Crippen LogP contribution in [0.3, 0.4) is 0 Å². The second-order valence-electron chi connectivity index (χ2n) is 5.10. The molecule has 0 radical (unpaired) electrons. The number of benzene rings is 1. The molecule has 0 unspecified atom stereocenters. The number of aliphatic carboxylic acids is 1. The van der Waals surface area contributed by atoms with Gasteiger partial charge in [-0.3, -0.25) is 14.9 Å². The van der Waals surface area contributed by atoms with Crippen molar-refractivity contribution in [1.29, 1.82) is 0 Å². The first-order valence-corrected chi connectivity index (χ1v) is 8.08. The molecule has 1 aromatic carbocycles. The van der Waals surface area contributed by atoms with E-state index in [1.807, 2.05) is 0 Å².